The van der Waals surface area contributed by atoms with Crippen LogP contribution in [-0.4, -0.2) is 59.4 Å². The maximum absolute atomic E-state index is 15.3. The molecule has 2 saturated heterocycles. The number of likely N-dealkylation sites (tertiary alicyclic amines) is 1. The normalized spacial score (nSPS) is 27.5. The number of phenolic OH excluding ortho intramolecular Hbond substituents is 1. The van der Waals surface area contributed by atoms with Crippen molar-refractivity contribution in [3.63, 3.8) is 0 Å². The summed E-state index contributed by atoms with van der Waals surface area (Å²) in [5.74, 6) is -4.52. The zero-order valence-corrected chi connectivity index (χ0v) is 29.8. The number of carbonyl (C=O) groups excluding carboxylic acids is 4. The van der Waals surface area contributed by atoms with E-state index >= 15 is 4.79 Å². The van der Waals surface area contributed by atoms with Gasteiger partial charge in [-0.15, -0.1) is 0 Å². The molecular formula is C36H32BrCl2N3O7. The minimum Gasteiger partial charge on any atom is -0.503 e. The molecule has 6 atom stereocenters. The molecule has 3 fully saturated rings. The van der Waals surface area contributed by atoms with Crippen molar-refractivity contribution in [2.75, 3.05) is 26.2 Å². The van der Waals surface area contributed by atoms with E-state index in [1.54, 1.807) is 62.6 Å². The largest absolute Gasteiger partial charge is 0.503 e. The molecule has 254 valence electrons. The van der Waals surface area contributed by atoms with Gasteiger partial charge in [-0.05, 0) is 95.2 Å². The molecule has 0 bridgehead atoms. The molecule has 0 spiro atoms. The number of benzene rings is 3. The van der Waals surface area contributed by atoms with E-state index < -0.39 is 46.8 Å². The Balaban J connectivity index is 1.50. The van der Waals surface area contributed by atoms with E-state index in [0.29, 0.717) is 38.5 Å². The number of phenols is 1. The number of amides is 4. The van der Waals surface area contributed by atoms with Crippen molar-refractivity contribution in [2.24, 2.45) is 23.7 Å². The average Bonchev–Trinajstić information content (AvgIpc) is 3.47. The maximum Gasteiger partial charge on any atom is 0.260 e. The number of aromatic hydroxyl groups is 1. The summed E-state index contributed by atoms with van der Waals surface area (Å²) in [5.41, 5.74) is 3.65. The molecule has 3 aromatic carbocycles. The summed E-state index contributed by atoms with van der Waals surface area (Å²) in [7, 11) is 2.97. The number of nitrogens with zero attached hydrogens (tertiary/aromatic N) is 2. The first-order chi connectivity index (χ1) is 23.5. The highest BCUT2D eigenvalue weighted by Crippen LogP contribution is 2.64. The molecule has 10 nitrogen and oxygen atoms in total. The van der Waals surface area contributed by atoms with Crippen molar-refractivity contribution < 1.29 is 33.8 Å². The van der Waals surface area contributed by atoms with Gasteiger partial charge in [0, 0.05) is 17.5 Å². The van der Waals surface area contributed by atoms with Crippen LogP contribution in [0.25, 0.3) is 0 Å². The lowest BCUT2D eigenvalue weighted by molar-refractivity contribution is -0.141. The molecule has 49 heavy (non-hydrogen) atoms. The van der Waals surface area contributed by atoms with Gasteiger partial charge >= 0.3 is 0 Å². The molecule has 4 aliphatic rings. The van der Waals surface area contributed by atoms with Crippen LogP contribution >= 0.6 is 39.1 Å². The van der Waals surface area contributed by atoms with Gasteiger partial charge in [-0.1, -0.05) is 47.0 Å². The second-order valence-corrected chi connectivity index (χ2v) is 14.4. The summed E-state index contributed by atoms with van der Waals surface area (Å²) in [4.78, 5) is 58.7. The van der Waals surface area contributed by atoms with Crippen molar-refractivity contribution >= 4 is 68.4 Å². The topological polar surface area (TPSA) is 125 Å². The fourth-order valence-corrected chi connectivity index (χ4v) is 9.42. The number of rotatable bonds is 7. The minimum atomic E-state index is -1.54. The lowest BCUT2D eigenvalue weighted by Crippen LogP contribution is -2.53. The van der Waals surface area contributed by atoms with Gasteiger partial charge in [-0.2, -0.15) is 5.01 Å². The SMILES string of the molecule is CCN1C(=O)[C@H]2[C@H](CC=C3[C@H]2C[C@H]2C(=O)N(Nc4ccc(Cl)cc4Cl)C(=O)[C@@]2(c2ccc(OC)cc2)[C@H]3c2cc(Br)c(O)c(OC)c2)C1=O. The van der Waals surface area contributed by atoms with Crippen LogP contribution in [0.2, 0.25) is 10.0 Å². The van der Waals surface area contributed by atoms with Gasteiger partial charge in [0.25, 0.3) is 11.8 Å². The summed E-state index contributed by atoms with van der Waals surface area (Å²) in [5, 5.41) is 12.4. The third-order valence-corrected chi connectivity index (χ3v) is 11.7. The predicted molar refractivity (Wildman–Crippen MR) is 185 cm³/mol. The third kappa shape index (κ3) is 4.87. The van der Waals surface area contributed by atoms with Gasteiger partial charge < -0.3 is 14.6 Å². The quantitative estimate of drug-likeness (QED) is 0.207. The summed E-state index contributed by atoms with van der Waals surface area (Å²) in [6, 6.07) is 15.1. The van der Waals surface area contributed by atoms with E-state index in [0.717, 1.165) is 10.6 Å². The van der Waals surface area contributed by atoms with E-state index in [2.05, 4.69) is 21.4 Å². The van der Waals surface area contributed by atoms with Crippen molar-refractivity contribution in [3.05, 3.63) is 91.9 Å². The van der Waals surface area contributed by atoms with E-state index in [4.69, 9.17) is 32.7 Å². The third-order valence-electron chi connectivity index (χ3n) is 10.6. The Labute approximate surface area is 301 Å². The number of hydrogen-bond donors (Lipinski definition) is 2. The summed E-state index contributed by atoms with van der Waals surface area (Å²) in [6.45, 7) is 2.01. The van der Waals surface area contributed by atoms with E-state index in [-0.39, 0.29) is 41.3 Å². The van der Waals surface area contributed by atoms with Crippen molar-refractivity contribution in [3.8, 4) is 17.2 Å². The first-order valence-electron chi connectivity index (χ1n) is 15.8. The van der Waals surface area contributed by atoms with Crippen LogP contribution < -0.4 is 14.9 Å². The van der Waals surface area contributed by atoms with Gasteiger partial charge in [0.2, 0.25) is 11.8 Å². The summed E-state index contributed by atoms with van der Waals surface area (Å²) < 4.78 is 11.3. The number of hydrazine groups is 1. The van der Waals surface area contributed by atoms with Crippen LogP contribution in [0, 0.1) is 23.7 Å². The summed E-state index contributed by atoms with van der Waals surface area (Å²) in [6.07, 6.45) is 2.41. The number of fused-ring (bicyclic) bond motifs is 4. The molecule has 2 aliphatic carbocycles. The molecule has 2 heterocycles. The minimum absolute atomic E-state index is 0.129. The Hall–Kier alpha value is -4.06. The van der Waals surface area contributed by atoms with Gasteiger partial charge in [0.15, 0.2) is 11.5 Å². The van der Waals surface area contributed by atoms with Crippen LogP contribution in [0.3, 0.4) is 0 Å². The highest BCUT2D eigenvalue weighted by molar-refractivity contribution is 9.10. The van der Waals surface area contributed by atoms with Crippen molar-refractivity contribution in [1.82, 2.24) is 9.91 Å². The molecule has 2 aliphatic heterocycles. The Morgan fingerprint density at radius 1 is 0.959 bits per heavy atom. The second kappa shape index (κ2) is 12.4. The number of methoxy groups -OCH3 is 2. The molecule has 3 aromatic rings. The number of anilines is 1. The molecule has 1 saturated carbocycles. The van der Waals surface area contributed by atoms with Crippen LogP contribution in [-0.2, 0) is 24.6 Å². The van der Waals surface area contributed by atoms with Crippen LogP contribution in [0.5, 0.6) is 17.2 Å². The number of halogens is 3. The number of nitrogens with one attached hydrogen (secondary N) is 1. The second-order valence-electron chi connectivity index (χ2n) is 12.7. The number of hydrogen-bond acceptors (Lipinski definition) is 8. The van der Waals surface area contributed by atoms with E-state index in [9.17, 15) is 19.5 Å². The molecular weight excluding hydrogens is 737 g/mol. The Kier molecular flexibility index (Phi) is 8.44. The predicted octanol–water partition coefficient (Wildman–Crippen LogP) is 6.48. The van der Waals surface area contributed by atoms with Crippen LogP contribution in [0.1, 0.15) is 36.8 Å². The van der Waals surface area contributed by atoms with Gasteiger partial charge in [-0.25, -0.2) is 0 Å². The van der Waals surface area contributed by atoms with E-state index in [1.807, 2.05) is 6.08 Å². The van der Waals surface area contributed by atoms with E-state index in [1.165, 1.54) is 18.1 Å². The average molecular weight is 769 g/mol. The van der Waals surface area contributed by atoms with Crippen molar-refractivity contribution in [1.29, 1.82) is 0 Å². The number of ether oxygens (including phenoxy) is 2. The molecule has 2 N–H and O–H groups in total. The highest BCUT2D eigenvalue weighted by Gasteiger charge is 2.70. The molecule has 13 heteroatoms. The Morgan fingerprint density at radius 2 is 1.69 bits per heavy atom. The fourth-order valence-electron chi connectivity index (χ4n) is 8.51. The highest BCUT2D eigenvalue weighted by atomic mass is 79.9. The Bertz CT molecular complexity index is 1950. The number of allylic oxidation sites excluding steroid dienone is 2. The van der Waals surface area contributed by atoms with Gasteiger partial charge in [0.1, 0.15) is 5.75 Å². The maximum atomic E-state index is 15.3. The Morgan fingerprint density at radius 3 is 2.35 bits per heavy atom. The van der Waals surface area contributed by atoms with Crippen molar-refractivity contribution in [2.45, 2.75) is 31.1 Å². The molecule has 4 amide bonds. The van der Waals surface area contributed by atoms with Crippen LogP contribution in [0.4, 0.5) is 5.69 Å². The molecule has 0 unspecified atom stereocenters. The lowest BCUT2D eigenvalue weighted by Gasteiger charge is -2.50. The zero-order valence-electron chi connectivity index (χ0n) is 26.7. The first-order valence-corrected chi connectivity index (χ1v) is 17.4. The number of imide groups is 2. The molecule has 0 radical (unpaired) electrons. The van der Waals surface area contributed by atoms with Gasteiger partial charge in [-0.3, -0.25) is 29.5 Å². The summed E-state index contributed by atoms with van der Waals surface area (Å²) >= 11 is 16.1. The van der Waals surface area contributed by atoms with Gasteiger partial charge in [0.05, 0.1) is 52.6 Å². The monoisotopic (exact) mass is 767 g/mol. The molecule has 0 aromatic heterocycles. The number of carbonyl (C=O) groups is 4. The lowest BCUT2D eigenvalue weighted by atomic mass is 9.49. The smallest absolute Gasteiger partial charge is 0.260 e. The van der Waals surface area contributed by atoms with Crippen LogP contribution in [0.15, 0.2) is 70.7 Å². The zero-order chi connectivity index (χ0) is 34.9. The molecule has 7 rings (SSSR count). The standard InChI is InChI=1S/C36H32BrCl2N3O7/c1-4-41-32(44)22-11-10-21-23(29(22)34(41)46)16-24-33(45)42(40-27-12-7-19(38)15-26(27)39)35(47)36(24,18-5-8-20(48-2)9-6-18)30(21)17-13-25(37)31(43)28(14-17)49-3/h5-10,12-15,22-24,29-30,40,43H,4,11,16H2,1-3H3/t22-,23+,24-,29-,30-,36+/m0/s1. The fraction of sp³-hybridized carbons (Fsp3) is 0.333. The first kappa shape index (κ1) is 33.4.